The third-order valence-electron chi connectivity index (χ3n) is 6.30. The first-order chi connectivity index (χ1) is 16.6. The second kappa shape index (κ2) is 9.16. The molecule has 6 nitrogen and oxygen atoms in total. The Morgan fingerprint density at radius 2 is 1.89 bits per heavy atom. The van der Waals surface area contributed by atoms with Gasteiger partial charge < -0.3 is 4.90 Å². The van der Waals surface area contributed by atoms with Crippen LogP contribution in [0.3, 0.4) is 0 Å². The van der Waals surface area contributed by atoms with Crippen LogP contribution in [-0.4, -0.2) is 39.0 Å². The lowest BCUT2D eigenvalue weighted by molar-refractivity contribution is -0.141. The standard InChI is InChI=1S/C23H22ClF4N5OS/c1-12-15-10-16(22(34)31-35-14-2-3-14)18(25)11-19(15)33(30-12)13-6-8-32(9-7-13)20-5-4-17(24)21(29-20)23(26,27)28/h4-5,10-11,13-14H,2-3,6-9H2,1H3,(H,31,34). The molecule has 186 valence electrons. The molecule has 0 spiro atoms. The van der Waals surface area contributed by atoms with Crippen LogP contribution in [0.25, 0.3) is 10.9 Å². The van der Waals surface area contributed by atoms with Crippen LogP contribution in [0, 0.1) is 12.7 Å². The molecule has 3 aromatic rings. The Morgan fingerprint density at radius 1 is 1.17 bits per heavy atom. The summed E-state index contributed by atoms with van der Waals surface area (Å²) >= 11 is 7.02. The largest absolute Gasteiger partial charge is 0.434 e. The van der Waals surface area contributed by atoms with Crippen molar-refractivity contribution in [2.75, 3.05) is 18.0 Å². The van der Waals surface area contributed by atoms with Crippen LogP contribution in [0.5, 0.6) is 0 Å². The maximum atomic E-state index is 14.9. The lowest BCUT2D eigenvalue weighted by Gasteiger charge is -2.33. The summed E-state index contributed by atoms with van der Waals surface area (Å²) in [6, 6.07) is 5.51. The Morgan fingerprint density at radius 3 is 2.54 bits per heavy atom. The maximum Gasteiger partial charge on any atom is 0.434 e. The number of carbonyl (C=O) groups excluding carboxylic acids is 1. The number of hydrogen-bond donors (Lipinski definition) is 1. The zero-order chi connectivity index (χ0) is 24.9. The quantitative estimate of drug-likeness (QED) is 0.329. The fourth-order valence-corrected chi connectivity index (χ4v) is 5.26. The molecule has 1 N–H and O–H groups in total. The molecule has 1 aliphatic heterocycles. The summed E-state index contributed by atoms with van der Waals surface area (Å²) in [5.41, 5.74) is 0.157. The minimum Gasteiger partial charge on any atom is -0.356 e. The minimum atomic E-state index is -4.63. The van der Waals surface area contributed by atoms with Gasteiger partial charge in [-0.2, -0.15) is 18.3 Å². The molecule has 5 rings (SSSR count). The Bertz CT molecular complexity index is 1290. The topological polar surface area (TPSA) is 63.1 Å². The number of alkyl halides is 3. The van der Waals surface area contributed by atoms with Gasteiger partial charge in [-0.05, 0) is 62.8 Å². The van der Waals surface area contributed by atoms with Gasteiger partial charge >= 0.3 is 6.18 Å². The molecule has 2 aromatic heterocycles. The van der Waals surface area contributed by atoms with Crippen LogP contribution in [0.15, 0.2) is 24.3 Å². The number of hydrogen-bond acceptors (Lipinski definition) is 5. The molecule has 1 aliphatic carbocycles. The molecule has 2 fully saturated rings. The number of rotatable bonds is 5. The van der Waals surface area contributed by atoms with E-state index in [1.54, 1.807) is 9.58 Å². The van der Waals surface area contributed by atoms with E-state index < -0.39 is 28.6 Å². The van der Waals surface area contributed by atoms with Gasteiger partial charge in [0.25, 0.3) is 5.91 Å². The van der Waals surface area contributed by atoms with E-state index >= 15 is 0 Å². The molecule has 1 amide bonds. The molecule has 2 aliphatic rings. The molecule has 0 radical (unpaired) electrons. The van der Waals surface area contributed by atoms with Gasteiger partial charge in [0.1, 0.15) is 11.6 Å². The summed E-state index contributed by atoms with van der Waals surface area (Å²) in [6.07, 6.45) is -1.36. The van der Waals surface area contributed by atoms with E-state index in [-0.39, 0.29) is 17.4 Å². The van der Waals surface area contributed by atoms with Crippen molar-refractivity contribution in [3.8, 4) is 0 Å². The number of fused-ring (bicyclic) bond motifs is 1. The van der Waals surface area contributed by atoms with Crippen molar-refractivity contribution in [1.82, 2.24) is 19.5 Å². The molecular formula is C23H22ClF4N5OS. The van der Waals surface area contributed by atoms with Gasteiger partial charge in [0, 0.05) is 29.8 Å². The second-order valence-corrected chi connectivity index (χ2v) is 10.4. The number of nitrogens with one attached hydrogen (secondary N) is 1. The number of amides is 1. The smallest absolute Gasteiger partial charge is 0.356 e. The number of anilines is 1. The summed E-state index contributed by atoms with van der Waals surface area (Å²) in [4.78, 5) is 18.0. The van der Waals surface area contributed by atoms with E-state index in [0.29, 0.717) is 47.8 Å². The first kappa shape index (κ1) is 24.2. The van der Waals surface area contributed by atoms with Gasteiger partial charge in [-0.3, -0.25) is 14.2 Å². The number of benzene rings is 1. The zero-order valence-electron chi connectivity index (χ0n) is 18.7. The van der Waals surface area contributed by atoms with Crippen LogP contribution in [0.2, 0.25) is 5.02 Å². The van der Waals surface area contributed by atoms with E-state index in [4.69, 9.17) is 11.6 Å². The second-order valence-electron chi connectivity index (χ2n) is 8.84. The van der Waals surface area contributed by atoms with Crippen molar-refractivity contribution >= 4 is 46.2 Å². The van der Waals surface area contributed by atoms with E-state index in [1.165, 1.54) is 36.2 Å². The van der Waals surface area contributed by atoms with Gasteiger partial charge in [0.2, 0.25) is 0 Å². The predicted molar refractivity (Wildman–Crippen MR) is 127 cm³/mol. The Kier molecular flexibility index (Phi) is 6.33. The van der Waals surface area contributed by atoms with Crippen LogP contribution in [0.1, 0.15) is 53.5 Å². The summed E-state index contributed by atoms with van der Waals surface area (Å²) < 4.78 is 58.9. The number of aryl methyl sites for hydroxylation is 1. The first-order valence-electron chi connectivity index (χ1n) is 11.2. The van der Waals surface area contributed by atoms with Gasteiger partial charge in [-0.15, -0.1) is 0 Å². The van der Waals surface area contributed by atoms with Crippen molar-refractivity contribution < 1.29 is 22.4 Å². The molecule has 35 heavy (non-hydrogen) atoms. The number of carbonyl (C=O) groups is 1. The normalized spacial score (nSPS) is 17.3. The lowest BCUT2D eigenvalue weighted by Crippen LogP contribution is -2.35. The van der Waals surface area contributed by atoms with E-state index in [0.717, 1.165) is 12.8 Å². The highest BCUT2D eigenvalue weighted by Crippen LogP contribution is 2.36. The fourth-order valence-electron chi connectivity index (χ4n) is 4.29. The van der Waals surface area contributed by atoms with Crippen molar-refractivity contribution in [2.45, 2.75) is 50.1 Å². The Balaban J connectivity index is 1.34. The summed E-state index contributed by atoms with van der Waals surface area (Å²) in [7, 11) is 0. The van der Waals surface area contributed by atoms with Crippen molar-refractivity contribution in [1.29, 1.82) is 0 Å². The molecule has 0 atom stereocenters. The highest BCUT2D eigenvalue weighted by Gasteiger charge is 2.36. The zero-order valence-corrected chi connectivity index (χ0v) is 20.3. The Hall–Kier alpha value is -2.53. The van der Waals surface area contributed by atoms with E-state index in [1.807, 2.05) is 6.92 Å². The van der Waals surface area contributed by atoms with Gasteiger partial charge in [-0.25, -0.2) is 9.37 Å². The maximum absolute atomic E-state index is 14.9. The molecule has 3 heterocycles. The predicted octanol–water partition coefficient (Wildman–Crippen LogP) is 5.93. The van der Waals surface area contributed by atoms with Gasteiger partial charge in [0.05, 0.1) is 27.8 Å². The summed E-state index contributed by atoms with van der Waals surface area (Å²) in [5, 5.41) is 5.28. The molecule has 0 unspecified atom stereocenters. The van der Waals surface area contributed by atoms with E-state index in [9.17, 15) is 22.4 Å². The minimum absolute atomic E-state index is 0.0163. The highest BCUT2D eigenvalue weighted by atomic mass is 35.5. The molecular weight excluding hydrogens is 506 g/mol. The Labute approximate surface area is 208 Å². The number of piperidine rings is 1. The molecule has 1 aromatic carbocycles. The average molecular weight is 528 g/mol. The number of halogens is 5. The molecule has 12 heteroatoms. The summed E-state index contributed by atoms with van der Waals surface area (Å²) in [6.45, 7) is 2.72. The first-order valence-corrected chi connectivity index (χ1v) is 12.5. The molecule has 0 bridgehead atoms. The van der Waals surface area contributed by atoms with Crippen molar-refractivity contribution in [3.05, 3.63) is 52.1 Å². The SMILES string of the molecule is Cc1nn(C2CCN(c3ccc(Cl)c(C(F)(F)F)n3)CC2)c2cc(F)c(C(=O)NSC3CC3)cc12. The third kappa shape index (κ3) is 4.93. The number of aromatic nitrogens is 3. The van der Waals surface area contributed by atoms with E-state index in [2.05, 4.69) is 14.8 Å². The highest BCUT2D eigenvalue weighted by molar-refractivity contribution is 7.98. The average Bonchev–Trinajstić information content (AvgIpc) is 3.60. The number of pyridine rings is 1. The summed E-state index contributed by atoms with van der Waals surface area (Å²) in [5.74, 6) is -0.863. The van der Waals surface area contributed by atoms with Crippen molar-refractivity contribution in [3.63, 3.8) is 0 Å². The number of nitrogens with zero attached hydrogens (tertiary/aromatic N) is 4. The molecule has 1 saturated heterocycles. The van der Waals surface area contributed by atoms with Crippen LogP contribution < -0.4 is 9.62 Å². The lowest BCUT2D eigenvalue weighted by atomic mass is 10.0. The molecule has 1 saturated carbocycles. The van der Waals surface area contributed by atoms with Crippen LogP contribution >= 0.6 is 23.5 Å². The van der Waals surface area contributed by atoms with Gasteiger partial charge in [-0.1, -0.05) is 11.6 Å². The monoisotopic (exact) mass is 527 g/mol. The van der Waals surface area contributed by atoms with Crippen LogP contribution in [0.4, 0.5) is 23.4 Å². The van der Waals surface area contributed by atoms with Crippen LogP contribution in [-0.2, 0) is 6.18 Å². The van der Waals surface area contributed by atoms with Gasteiger partial charge in [0.15, 0.2) is 5.69 Å². The van der Waals surface area contributed by atoms with Crippen molar-refractivity contribution in [2.24, 2.45) is 0 Å². The third-order valence-corrected chi connectivity index (χ3v) is 7.71. The fraction of sp³-hybridized carbons (Fsp3) is 0.435.